The molecule has 27 heavy (non-hydrogen) atoms. The van der Waals surface area contributed by atoms with Crippen molar-refractivity contribution in [2.75, 3.05) is 6.79 Å². The van der Waals surface area contributed by atoms with E-state index in [1.165, 1.54) is 0 Å². The van der Waals surface area contributed by atoms with Crippen LogP contribution in [0.3, 0.4) is 0 Å². The van der Waals surface area contributed by atoms with Crippen molar-refractivity contribution >= 4 is 52.1 Å². The minimum absolute atomic E-state index is 0.214. The van der Waals surface area contributed by atoms with Gasteiger partial charge in [0.25, 0.3) is 0 Å². The Labute approximate surface area is 174 Å². The van der Waals surface area contributed by atoms with Crippen LogP contribution in [0, 0.1) is 3.57 Å². The summed E-state index contributed by atoms with van der Waals surface area (Å²) in [7, 11) is 0. The van der Waals surface area contributed by atoms with Gasteiger partial charge in [0.15, 0.2) is 17.2 Å². The van der Waals surface area contributed by atoms with Gasteiger partial charge in [-0.15, -0.1) is 0 Å². The molecule has 0 aromatic heterocycles. The van der Waals surface area contributed by atoms with Crippen LogP contribution in [0.4, 0.5) is 0 Å². The molecule has 0 amide bonds. The zero-order chi connectivity index (χ0) is 19.0. The van der Waals surface area contributed by atoms with E-state index < -0.39 is 5.97 Å². The molecule has 136 valence electrons. The van der Waals surface area contributed by atoms with Crippen LogP contribution < -0.4 is 9.47 Å². The number of nitrogens with zero attached hydrogens (tertiary/aromatic N) is 1. The first-order valence-corrected chi connectivity index (χ1v) is 9.51. The molecule has 0 unspecified atom stereocenters. The van der Waals surface area contributed by atoms with E-state index in [0.717, 1.165) is 20.5 Å². The Bertz CT molecular complexity index is 1040. The van der Waals surface area contributed by atoms with Gasteiger partial charge in [0.2, 0.25) is 12.7 Å². The van der Waals surface area contributed by atoms with E-state index >= 15 is 0 Å². The molecule has 2 aromatic carbocycles. The van der Waals surface area contributed by atoms with Crippen molar-refractivity contribution in [3.05, 3.63) is 73.5 Å². The maximum atomic E-state index is 12.2. The van der Waals surface area contributed by atoms with Crippen molar-refractivity contribution in [3.63, 3.8) is 0 Å². The largest absolute Gasteiger partial charge is 0.454 e. The number of ether oxygens (including phenoxy) is 3. The van der Waals surface area contributed by atoms with E-state index in [-0.39, 0.29) is 18.4 Å². The number of rotatable bonds is 3. The molecule has 0 atom stereocenters. The molecule has 4 rings (SSSR count). The SMILES string of the molecule is CC(/C=C1\N=C(c2cc(I)ccc2Cl)OC1=O)=C\c1ccc2c(c1)OCO2. The maximum absolute atomic E-state index is 12.2. The van der Waals surface area contributed by atoms with E-state index in [4.69, 9.17) is 25.8 Å². The molecular weight excluding hydrogens is 481 g/mol. The van der Waals surface area contributed by atoms with E-state index in [1.54, 1.807) is 12.1 Å². The van der Waals surface area contributed by atoms with Crippen molar-refractivity contribution in [2.24, 2.45) is 4.99 Å². The molecule has 2 aliphatic rings. The van der Waals surface area contributed by atoms with Gasteiger partial charge in [-0.05, 0) is 77.1 Å². The van der Waals surface area contributed by atoms with Gasteiger partial charge in [0.05, 0.1) is 10.6 Å². The van der Waals surface area contributed by atoms with E-state index in [0.29, 0.717) is 16.3 Å². The Kier molecular flexibility index (Phi) is 4.92. The number of fused-ring (bicyclic) bond motifs is 1. The second-order valence-electron chi connectivity index (χ2n) is 5.96. The van der Waals surface area contributed by atoms with Crippen molar-refractivity contribution in [1.29, 1.82) is 0 Å². The quantitative estimate of drug-likeness (QED) is 0.344. The third kappa shape index (κ3) is 3.86. The first-order valence-electron chi connectivity index (χ1n) is 8.05. The zero-order valence-electron chi connectivity index (χ0n) is 14.2. The zero-order valence-corrected chi connectivity index (χ0v) is 17.1. The van der Waals surface area contributed by atoms with Crippen LogP contribution in [0.2, 0.25) is 5.02 Å². The van der Waals surface area contributed by atoms with Crippen molar-refractivity contribution < 1.29 is 19.0 Å². The molecule has 0 saturated heterocycles. The number of carbonyl (C=O) groups excluding carboxylic acids is 1. The second kappa shape index (κ2) is 7.36. The van der Waals surface area contributed by atoms with Gasteiger partial charge in [0, 0.05) is 3.57 Å². The Hall–Kier alpha value is -2.32. The second-order valence-corrected chi connectivity index (χ2v) is 7.61. The van der Waals surface area contributed by atoms with Crippen LogP contribution in [0.15, 0.2) is 58.7 Å². The molecule has 5 nitrogen and oxygen atoms in total. The molecule has 0 bridgehead atoms. The van der Waals surface area contributed by atoms with Gasteiger partial charge >= 0.3 is 5.97 Å². The number of hydrogen-bond donors (Lipinski definition) is 0. The monoisotopic (exact) mass is 493 g/mol. The fourth-order valence-electron chi connectivity index (χ4n) is 2.71. The third-order valence-corrected chi connectivity index (χ3v) is 4.94. The Morgan fingerprint density at radius 1 is 1.19 bits per heavy atom. The van der Waals surface area contributed by atoms with Crippen LogP contribution >= 0.6 is 34.2 Å². The average molecular weight is 494 g/mol. The highest BCUT2D eigenvalue weighted by Gasteiger charge is 2.25. The fraction of sp³-hybridized carbons (Fsp3) is 0.100. The predicted octanol–water partition coefficient (Wildman–Crippen LogP) is 4.96. The molecule has 0 saturated carbocycles. The summed E-state index contributed by atoms with van der Waals surface area (Å²) in [5, 5.41) is 0.482. The van der Waals surface area contributed by atoms with Gasteiger partial charge in [-0.3, -0.25) is 0 Å². The van der Waals surface area contributed by atoms with E-state index in [1.807, 2.05) is 43.3 Å². The summed E-state index contributed by atoms with van der Waals surface area (Å²) in [5.41, 5.74) is 2.61. The highest BCUT2D eigenvalue weighted by atomic mass is 127. The number of esters is 1. The number of hydrogen-bond acceptors (Lipinski definition) is 5. The van der Waals surface area contributed by atoms with Gasteiger partial charge in [-0.25, -0.2) is 9.79 Å². The molecule has 0 radical (unpaired) electrons. The van der Waals surface area contributed by atoms with Crippen LogP contribution in [0.25, 0.3) is 6.08 Å². The smallest absolute Gasteiger partial charge is 0.363 e. The molecule has 2 aromatic rings. The molecular formula is C20H13ClINO4. The lowest BCUT2D eigenvalue weighted by molar-refractivity contribution is -0.130. The average Bonchev–Trinajstić information content (AvgIpc) is 3.23. The minimum Gasteiger partial charge on any atom is -0.454 e. The Morgan fingerprint density at radius 3 is 2.85 bits per heavy atom. The van der Waals surface area contributed by atoms with Crippen LogP contribution in [-0.4, -0.2) is 18.7 Å². The number of aliphatic imine (C=N–C) groups is 1. The molecule has 0 aliphatic carbocycles. The summed E-state index contributed by atoms with van der Waals surface area (Å²) in [6.45, 7) is 2.12. The summed E-state index contributed by atoms with van der Waals surface area (Å²) >= 11 is 8.37. The first-order chi connectivity index (χ1) is 13.0. The van der Waals surface area contributed by atoms with E-state index in [2.05, 4.69) is 27.6 Å². The van der Waals surface area contributed by atoms with Crippen molar-refractivity contribution in [1.82, 2.24) is 0 Å². The lowest BCUT2D eigenvalue weighted by atomic mass is 10.1. The molecule has 7 heteroatoms. The fourth-order valence-corrected chi connectivity index (χ4v) is 3.40. The molecule has 2 aliphatic heterocycles. The molecule has 2 heterocycles. The topological polar surface area (TPSA) is 57.1 Å². The van der Waals surface area contributed by atoms with Crippen LogP contribution in [-0.2, 0) is 9.53 Å². The Morgan fingerprint density at radius 2 is 2.00 bits per heavy atom. The molecule has 0 fully saturated rings. The minimum atomic E-state index is -0.502. The van der Waals surface area contributed by atoms with Gasteiger partial charge in [0.1, 0.15) is 0 Å². The summed E-state index contributed by atoms with van der Waals surface area (Å²) in [4.78, 5) is 16.5. The van der Waals surface area contributed by atoms with Gasteiger partial charge in [-0.2, -0.15) is 0 Å². The van der Waals surface area contributed by atoms with Gasteiger partial charge < -0.3 is 14.2 Å². The van der Waals surface area contributed by atoms with Crippen molar-refractivity contribution in [3.8, 4) is 11.5 Å². The highest BCUT2D eigenvalue weighted by Crippen LogP contribution is 2.33. The normalized spacial score (nSPS) is 17.3. The number of benzene rings is 2. The first kappa shape index (κ1) is 18.1. The van der Waals surface area contributed by atoms with Crippen LogP contribution in [0.5, 0.6) is 11.5 Å². The number of cyclic esters (lactones) is 1. The number of halogens is 2. The van der Waals surface area contributed by atoms with Gasteiger partial charge in [-0.1, -0.05) is 23.7 Å². The predicted molar refractivity (Wildman–Crippen MR) is 111 cm³/mol. The third-order valence-electron chi connectivity index (χ3n) is 3.93. The molecule has 0 spiro atoms. The lowest BCUT2D eigenvalue weighted by Gasteiger charge is -2.02. The van der Waals surface area contributed by atoms with Crippen LogP contribution in [0.1, 0.15) is 18.1 Å². The maximum Gasteiger partial charge on any atom is 0.363 e. The summed E-state index contributed by atoms with van der Waals surface area (Å²) in [5.74, 6) is 1.15. The standard InChI is InChI=1S/C20H13ClINO4/c1-11(6-12-2-5-17-18(8-12)26-10-25-17)7-16-20(24)27-19(23-16)14-9-13(22)3-4-15(14)21/h2-9H,10H2,1H3/b11-6+,16-7-. The lowest BCUT2D eigenvalue weighted by Crippen LogP contribution is -2.06. The Balaban J connectivity index is 1.62. The summed E-state index contributed by atoms with van der Waals surface area (Å²) < 4.78 is 17.0. The molecule has 0 N–H and O–H groups in total. The summed E-state index contributed by atoms with van der Waals surface area (Å²) in [6.07, 6.45) is 3.61. The van der Waals surface area contributed by atoms with E-state index in [9.17, 15) is 4.79 Å². The van der Waals surface area contributed by atoms with Crippen molar-refractivity contribution in [2.45, 2.75) is 6.92 Å². The highest BCUT2D eigenvalue weighted by molar-refractivity contribution is 14.1. The number of carbonyl (C=O) groups is 1. The number of allylic oxidation sites excluding steroid dienone is 2. The summed E-state index contributed by atoms with van der Waals surface area (Å²) in [6, 6.07) is 11.1.